The van der Waals surface area contributed by atoms with Crippen LogP contribution in [0.2, 0.25) is 0 Å². The van der Waals surface area contributed by atoms with E-state index in [1.54, 1.807) is 10.4 Å². The Labute approximate surface area is 138 Å². The van der Waals surface area contributed by atoms with Crippen molar-refractivity contribution in [1.82, 2.24) is 9.88 Å². The smallest absolute Gasteiger partial charge is 0.308 e. The number of piperidine rings is 1. The Morgan fingerprint density at radius 3 is 2.70 bits per heavy atom. The van der Waals surface area contributed by atoms with E-state index in [2.05, 4.69) is 4.98 Å². The summed E-state index contributed by atoms with van der Waals surface area (Å²) in [6.45, 7) is 2.81. The standard InChI is InChI=1S/C17H18N2O3S/c1-11-7-13(17(21)22)9-19(8-11)16(20)14-15(23-10-18-14)12-5-3-2-4-6-12/h2-6,10-11,13H,7-9H2,1H3,(H,21,22). The van der Waals surface area contributed by atoms with Crippen LogP contribution in [0.3, 0.4) is 0 Å². The van der Waals surface area contributed by atoms with E-state index in [1.165, 1.54) is 11.3 Å². The molecule has 3 rings (SSSR count). The van der Waals surface area contributed by atoms with Crippen LogP contribution >= 0.6 is 11.3 Å². The highest BCUT2D eigenvalue weighted by molar-refractivity contribution is 7.13. The predicted molar refractivity (Wildman–Crippen MR) is 88.4 cm³/mol. The fraction of sp³-hybridized carbons (Fsp3) is 0.353. The minimum absolute atomic E-state index is 0.174. The van der Waals surface area contributed by atoms with Crippen molar-refractivity contribution in [2.75, 3.05) is 13.1 Å². The maximum absolute atomic E-state index is 12.8. The lowest BCUT2D eigenvalue weighted by Gasteiger charge is -2.34. The van der Waals surface area contributed by atoms with Crippen LogP contribution in [0.4, 0.5) is 0 Å². The lowest BCUT2D eigenvalue weighted by Crippen LogP contribution is -2.45. The van der Waals surface area contributed by atoms with Crippen LogP contribution in [-0.4, -0.2) is 40.0 Å². The highest BCUT2D eigenvalue weighted by Gasteiger charge is 2.33. The Bertz CT molecular complexity index is 714. The van der Waals surface area contributed by atoms with E-state index < -0.39 is 11.9 Å². The van der Waals surface area contributed by atoms with Gasteiger partial charge in [0.2, 0.25) is 0 Å². The van der Waals surface area contributed by atoms with Gasteiger partial charge in [-0.15, -0.1) is 11.3 Å². The summed E-state index contributed by atoms with van der Waals surface area (Å²) in [6.07, 6.45) is 0.613. The molecule has 0 aliphatic carbocycles. The molecule has 0 saturated carbocycles. The molecule has 5 nitrogen and oxygen atoms in total. The van der Waals surface area contributed by atoms with Gasteiger partial charge in [0.05, 0.1) is 16.3 Å². The number of aromatic nitrogens is 1. The normalized spacial score (nSPS) is 21.2. The van der Waals surface area contributed by atoms with Crippen molar-refractivity contribution in [2.45, 2.75) is 13.3 Å². The molecule has 1 aliphatic heterocycles. The highest BCUT2D eigenvalue weighted by atomic mass is 32.1. The molecule has 6 heteroatoms. The largest absolute Gasteiger partial charge is 0.481 e. The first kappa shape index (κ1) is 15.7. The summed E-state index contributed by atoms with van der Waals surface area (Å²) in [5.41, 5.74) is 3.04. The number of hydrogen-bond acceptors (Lipinski definition) is 4. The number of likely N-dealkylation sites (tertiary alicyclic amines) is 1. The van der Waals surface area contributed by atoms with Crippen LogP contribution in [0.25, 0.3) is 10.4 Å². The number of hydrogen-bond donors (Lipinski definition) is 1. The van der Waals surface area contributed by atoms with Crippen LogP contribution in [0, 0.1) is 11.8 Å². The molecule has 23 heavy (non-hydrogen) atoms. The molecule has 0 bridgehead atoms. The van der Waals surface area contributed by atoms with Gasteiger partial charge in [0.1, 0.15) is 5.69 Å². The van der Waals surface area contributed by atoms with Gasteiger partial charge in [-0.05, 0) is 17.9 Å². The van der Waals surface area contributed by atoms with Crippen molar-refractivity contribution < 1.29 is 14.7 Å². The monoisotopic (exact) mass is 330 g/mol. The molecule has 1 N–H and O–H groups in total. The third-order valence-corrected chi connectivity index (χ3v) is 4.98. The average Bonchev–Trinajstić information content (AvgIpc) is 3.04. The molecule has 1 aromatic carbocycles. The van der Waals surface area contributed by atoms with Crippen LogP contribution in [0.1, 0.15) is 23.8 Å². The van der Waals surface area contributed by atoms with Gasteiger partial charge in [-0.2, -0.15) is 0 Å². The minimum Gasteiger partial charge on any atom is -0.481 e. The van der Waals surface area contributed by atoms with E-state index in [1.807, 2.05) is 37.3 Å². The van der Waals surface area contributed by atoms with E-state index in [0.29, 0.717) is 18.7 Å². The van der Waals surface area contributed by atoms with Crippen molar-refractivity contribution in [3.63, 3.8) is 0 Å². The molecule has 1 amide bonds. The van der Waals surface area contributed by atoms with Gasteiger partial charge in [0.15, 0.2) is 0 Å². The highest BCUT2D eigenvalue weighted by Crippen LogP contribution is 2.30. The average molecular weight is 330 g/mol. The zero-order valence-corrected chi connectivity index (χ0v) is 13.6. The number of rotatable bonds is 3. The van der Waals surface area contributed by atoms with E-state index in [9.17, 15) is 14.7 Å². The Kier molecular flexibility index (Phi) is 4.43. The predicted octanol–water partition coefficient (Wildman–Crippen LogP) is 2.99. The lowest BCUT2D eigenvalue weighted by atomic mass is 9.90. The van der Waals surface area contributed by atoms with E-state index in [0.717, 1.165) is 10.4 Å². The molecule has 120 valence electrons. The summed E-state index contributed by atoms with van der Waals surface area (Å²) in [5, 5.41) is 9.27. The zero-order chi connectivity index (χ0) is 16.4. The molecule has 2 heterocycles. The van der Waals surface area contributed by atoms with Gasteiger partial charge in [-0.25, -0.2) is 4.98 Å². The Morgan fingerprint density at radius 2 is 2.00 bits per heavy atom. The maximum Gasteiger partial charge on any atom is 0.308 e. The quantitative estimate of drug-likeness (QED) is 0.939. The maximum atomic E-state index is 12.8. The number of nitrogens with zero attached hydrogens (tertiary/aromatic N) is 2. The molecular formula is C17H18N2O3S. The van der Waals surface area contributed by atoms with Crippen molar-refractivity contribution in [3.05, 3.63) is 41.5 Å². The Balaban J connectivity index is 1.87. The summed E-state index contributed by atoms with van der Waals surface area (Å²) in [4.78, 5) is 30.8. The summed E-state index contributed by atoms with van der Waals surface area (Å²) < 4.78 is 0. The molecule has 2 unspecified atom stereocenters. The number of amides is 1. The molecule has 0 spiro atoms. The van der Waals surface area contributed by atoms with Gasteiger partial charge < -0.3 is 10.0 Å². The van der Waals surface area contributed by atoms with E-state index in [-0.39, 0.29) is 18.4 Å². The fourth-order valence-electron chi connectivity index (χ4n) is 3.04. The van der Waals surface area contributed by atoms with Crippen LogP contribution in [-0.2, 0) is 4.79 Å². The molecule has 1 fully saturated rings. The van der Waals surface area contributed by atoms with E-state index in [4.69, 9.17) is 0 Å². The molecule has 2 aromatic rings. The second-order valence-electron chi connectivity index (χ2n) is 5.98. The molecule has 1 aromatic heterocycles. The van der Waals surface area contributed by atoms with Gasteiger partial charge >= 0.3 is 5.97 Å². The van der Waals surface area contributed by atoms with Crippen molar-refractivity contribution in [3.8, 4) is 10.4 Å². The fourth-order valence-corrected chi connectivity index (χ4v) is 3.83. The molecule has 1 saturated heterocycles. The van der Waals surface area contributed by atoms with Crippen molar-refractivity contribution in [1.29, 1.82) is 0 Å². The molecular weight excluding hydrogens is 312 g/mol. The van der Waals surface area contributed by atoms with Crippen LogP contribution in [0.15, 0.2) is 35.8 Å². The van der Waals surface area contributed by atoms with Gasteiger partial charge in [-0.1, -0.05) is 37.3 Å². The van der Waals surface area contributed by atoms with Crippen molar-refractivity contribution >= 4 is 23.2 Å². The summed E-state index contributed by atoms with van der Waals surface area (Å²) >= 11 is 1.43. The zero-order valence-electron chi connectivity index (χ0n) is 12.8. The van der Waals surface area contributed by atoms with Crippen molar-refractivity contribution in [2.24, 2.45) is 11.8 Å². The number of thiazole rings is 1. The Hall–Kier alpha value is -2.21. The SMILES string of the molecule is CC1CC(C(=O)O)CN(C(=O)c2ncsc2-c2ccccc2)C1. The van der Waals surface area contributed by atoms with E-state index >= 15 is 0 Å². The Morgan fingerprint density at radius 1 is 1.26 bits per heavy atom. The second-order valence-corrected chi connectivity index (χ2v) is 6.84. The van der Waals surface area contributed by atoms with Gasteiger partial charge in [0, 0.05) is 13.1 Å². The number of carbonyl (C=O) groups excluding carboxylic acids is 1. The lowest BCUT2D eigenvalue weighted by molar-refractivity contribution is -0.143. The van der Waals surface area contributed by atoms with Gasteiger partial charge in [-0.3, -0.25) is 9.59 Å². The summed E-state index contributed by atoms with van der Waals surface area (Å²) in [6, 6.07) is 9.67. The van der Waals surface area contributed by atoms with Gasteiger partial charge in [0.25, 0.3) is 5.91 Å². The third-order valence-electron chi connectivity index (χ3n) is 4.10. The number of aliphatic carboxylic acids is 1. The summed E-state index contributed by atoms with van der Waals surface area (Å²) in [5.74, 6) is -1.34. The minimum atomic E-state index is -0.837. The first-order valence-corrected chi connectivity index (χ1v) is 8.45. The molecule has 0 radical (unpaired) electrons. The molecule has 2 atom stereocenters. The summed E-state index contributed by atoms with van der Waals surface area (Å²) in [7, 11) is 0. The topological polar surface area (TPSA) is 70.5 Å². The van der Waals surface area contributed by atoms with Crippen LogP contribution < -0.4 is 0 Å². The molecule has 1 aliphatic rings. The third kappa shape index (κ3) is 3.27. The second kappa shape index (κ2) is 6.50. The first-order chi connectivity index (χ1) is 11.1. The van der Waals surface area contributed by atoms with Crippen LogP contribution in [0.5, 0.6) is 0 Å². The first-order valence-electron chi connectivity index (χ1n) is 7.57. The number of carboxylic acids is 1. The number of benzene rings is 1. The number of carboxylic acid groups (broad SMARTS) is 1. The number of carbonyl (C=O) groups is 2.